The normalized spacial score (nSPS) is 17.3. The van der Waals surface area contributed by atoms with E-state index in [2.05, 4.69) is 17.0 Å². The summed E-state index contributed by atoms with van der Waals surface area (Å²) in [6.45, 7) is 5.39. The van der Waals surface area contributed by atoms with Crippen molar-refractivity contribution in [3.8, 4) is 11.5 Å². The average molecular weight is 333 g/mol. The smallest absolute Gasteiger partial charge is 0.231 e. The van der Waals surface area contributed by atoms with Crippen LogP contribution in [0.5, 0.6) is 11.5 Å². The van der Waals surface area contributed by atoms with Crippen LogP contribution in [0, 0.1) is 0 Å². The van der Waals surface area contributed by atoms with Crippen LogP contribution in [0.1, 0.15) is 31.2 Å². The first-order valence-corrected chi connectivity index (χ1v) is 8.85. The molecule has 132 valence electrons. The Morgan fingerprint density at radius 3 is 2.62 bits per heavy atom. The molecule has 0 radical (unpaired) electrons. The van der Waals surface area contributed by atoms with Gasteiger partial charge in [-0.2, -0.15) is 0 Å². The summed E-state index contributed by atoms with van der Waals surface area (Å²) in [5.74, 6) is 1.94. The van der Waals surface area contributed by atoms with E-state index in [0.717, 1.165) is 63.5 Å². The number of piperazine rings is 1. The van der Waals surface area contributed by atoms with Gasteiger partial charge in [-0.1, -0.05) is 12.5 Å². The predicted octanol–water partition coefficient (Wildman–Crippen LogP) is 1.58. The van der Waals surface area contributed by atoms with Crippen LogP contribution in [0.4, 0.5) is 0 Å². The van der Waals surface area contributed by atoms with E-state index in [1.54, 1.807) is 0 Å². The SMILES string of the molecule is NCCCCCC(=O)N1CCN(Cc2ccc3c(c2)OCO3)CC1. The van der Waals surface area contributed by atoms with E-state index in [0.29, 0.717) is 19.8 Å². The molecule has 2 heterocycles. The Kier molecular flexibility index (Phi) is 5.93. The maximum atomic E-state index is 12.2. The summed E-state index contributed by atoms with van der Waals surface area (Å²) in [6.07, 6.45) is 3.67. The molecule has 3 rings (SSSR count). The zero-order valence-electron chi connectivity index (χ0n) is 14.2. The molecule has 0 saturated carbocycles. The summed E-state index contributed by atoms with van der Waals surface area (Å²) < 4.78 is 10.8. The van der Waals surface area contributed by atoms with Crippen molar-refractivity contribution < 1.29 is 14.3 Å². The Morgan fingerprint density at radius 1 is 1.04 bits per heavy atom. The minimum atomic E-state index is 0.287. The lowest BCUT2D eigenvalue weighted by Crippen LogP contribution is -2.48. The van der Waals surface area contributed by atoms with Crippen molar-refractivity contribution in [2.75, 3.05) is 39.5 Å². The number of amides is 1. The number of benzene rings is 1. The van der Waals surface area contributed by atoms with E-state index >= 15 is 0 Å². The molecule has 0 bridgehead atoms. The van der Waals surface area contributed by atoms with E-state index in [1.165, 1.54) is 5.56 Å². The quantitative estimate of drug-likeness (QED) is 0.767. The van der Waals surface area contributed by atoms with Crippen LogP contribution in [-0.2, 0) is 11.3 Å². The van der Waals surface area contributed by atoms with Gasteiger partial charge in [0.2, 0.25) is 12.7 Å². The number of carbonyl (C=O) groups excluding carboxylic acids is 1. The first-order chi connectivity index (χ1) is 11.8. The van der Waals surface area contributed by atoms with Crippen LogP contribution in [0.3, 0.4) is 0 Å². The fraction of sp³-hybridized carbons (Fsp3) is 0.611. The molecule has 1 amide bonds. The van der Waals surface area contributed by atoms with Gasteiger partial charge >= 0.3 is 0 Å². The predicted molar refractivity (Wildman–Crippen MR) is 91.9 cm³/mol. The molecular weight excluding hydrogens is 306 g/mol. The van der Waals surface area contributed by atoms with Crippen LogP contribution in [0.15, 0.2) is 18.2 Å². The maximum Gasteiger partial charge on any atom is 0.231 e. The highest BCUT2D eigenvalue weighted by Crippen LogP contribution is 2.32. The first kappa shape index (κ1) is 17.0. The second kappa shape index (κ2) is 8.35. The van der Waals surface area contributed by atoms with Crippen molar-refractivity contribution in [1.82, 2.24) is 9.80 Å². The Balaban J connectivity index is 1.41. The van der Waals surface area contributed by atoms with E-state index in [9.17, 15) is 4.79 Å². The summed E-state index contributed by atoms with van der Waals surface area (Å²) in [4.78, 5) is 16.6. The van der Waals surface area contributed by atoms with Crippen LogP contribution in [0.25, 0.3) is 0 Å². The standard InChI is InChI=1S/C18H27N3O3/c19-7-3-1-2-4-18(22)21-10-8-20(9-11-21)13-15-5-6-16-17(12-15)24-14-23-16/h5-6,12H,1-4,7-11,13-14,19H2. The molecule has 6 heteroatoms. The Hall–Kier alpha value is -1.79. The van der Waals surface area contributed by atoms with Crippen molar-refractivity contribution in [3.05, 3.63) is 23.8 Å². The molecule has 2 aliphatic rings. The minimum absolute atomic E-state index is 0.287. The zero-order chi connectivity index (χ0) is 16.8. The lowest BCUT2D eigenvalue weighted by Gasteiger charge is -2.34. The first-order valence-electron chi connectivity index (χ1n) is 8.85. The summed E-state index contributed by atoms with van der Waals surface area (Å²) in [5, 5.41) is 0. The second-order valence-corrected chi connectivity index (χ2v) is 6.44. The van der Waals surface area contributed by atoms with Gasteiger partial charge in [0.25, 0.3) is 0 Å². The molecule has 1 aromatic carbocycles. The number of rotatable bonds is 7. The summed E-state index contributed by atoms with van der Waals surface area (Å²) >= 11 is 0. The number of hydrogen-bond acceptors (Lipinski definition) is 5. The molecule has 24 heavy (non-hydrogen) atoms. The molecule has 0 atom stereocenters. The lowest BCUT2D eigenvalue weighted by atomic mass is 10.1. The molecule has 0 aliphatic carbocycles. The van der Waals surface area contributed by atoms with E-state index in [-0.39, 0.29) is 5.91 Å². The third-order valence-corrected chi connectivity index (χ3v) is 4.66. The number of unbranched alkanes of at least 4 members (excludes halogenated alkanes) is 2. The molecular formula is C18H27N3O3. The topological polar surface area (TPSA) is 68.0 Å². The number of nitrogens with zero attached hydrogens (tertiary/aromatic N) is 2. The Morgan fingerprint density at radius 2 is 1.83 bits per heavy atom. The number of carbonyl (C=O) groups is 1. The molecule has 0 spiro atoms. The number of fused-ring (bicyclic) bond motifs is 1. The van der Waals surface area contributed by atoms with Crippen LogP contribution >= 0.6 is 0 Å². The average Bonchev–Trinajstić information content (AvgIpc) is 3.07. The van der Waals surface area contributed by atoms with Gasteiger partial charge in [0.15, 0.2) is 11.5 Å². The van der Waals surface area contributed by atoms with Gasteiger partial charge < -0.3 is 20.1 Å². The highest BCUT2D eigenvalue weighted by molar-refractivity contribution is 5.76. The number of ether oxygens (including phenoxy) is 2. The van der Waals surface area contributed by atoms with Gasteiger partial charge in [-0.25, -0.2) is 0 Å². The van der Waals surface area contributed by atoms with Crippen molar-refractivity contribution in [3.63, 3.8) is 0 Å². The molecule has 2 aliphatic heterocycles. The summed E-state index contributed by atoms with van der Waals surface area (Å²) in [7, 11) is 0. The summed E-state index contributed by atoms with van der Waals surface area (Å²) in [6, 6.07) is 6.11. The zero-order valence-corrected chi connectivity index (χ0v) is 14.2. The second-order valence-electron chi connectivity index (χ2n) is 6.44. The third kappa shape index (κ3) is 4.39. The van der Waals surface area contributed by atoms with Crippen molar-refractivity contribution in [2.24, 2.45) is 5.73 Å². The molecule has 2 N–H and O–H groups in total. The molecule has 1 aromatic rings. The van der Waals surface area contributed by atoms with Crippen LogP contribution in [0.2, 0.25) is 0 Å². The lowest BCUT2D eigenvalue weighted by molar-refractivity contribution is -0.133. The van der Waals surface area contributed by atoms with Crippen LogP contribution < -0.4 is 15.2 Å². The van der Waals surface area contributed by atoms with Gasteiger partial charge in [0.1, 0.15) is 0 Å². The van der Waals surface area contributed by atoms with E-state index < -0.39 is 0 Å². The maximum absolute atomic E-state index is 12.2. The minimum Gasteiger partial charge on any atom is -0.454 e. The van der Waals surface area contributed by atoms with Gasteiger partial charge in [-0.3, -0.25) is 9.69 Å². The molecule has 0 unspecified atom stereocenters. The fourth-order valence-corrected chi connectivity index (χ4v) is 3.21. The Bertz CT molecular complexity index is 556. The third-order valence-electron chi connectivity index (χ3n) is 4.66. The van der Waals surface area contributed by atoms with E-state index in [1.807, 2.05) is 11.0 Å². The fourth-order valence-electron chi connectivity index (χ4n) is 3.21. The van der Waals surface area contributed by atoms with Crippen molar-refractivity contribution in [1.29, 1.82) is 0 Å². The van der Waals surface area contributed by atoms with E-state index in [4.69, 9.17) is 15.2 Å². The molecule has 1 saturated heterocycles. The highest BCUT2D eigenvalue weighted by Gasteiger charge is 2.21. The van der Waals surface area contributed by atoms with Gasteiger partial charge in [0.05, 0.1) is 0 Å². The largest absolute Gasteiger partial charge is 0.454 e. The summed E-state index contributed by atoms with van der Waals surface area (Å²) in [5.41, 5.74) is 6.70. The Labute approximate surface area is 143 Å². The van der Waals surface area contributed by atoms with Crippen molar-refractivity contribution >= 4 is 5.91 Å². The van der Waals surface area contributed by atoms with Gasteiger partial charge in [-0.15, -0.1) is 0 Å². The molecule has 0 aromatic heterocycles. The van der Waals surface area contributed by atoms with Crippen LogP contribution in [-0.4, -0.2) is 55.2 Å². The highest BCUT2D eigenvalue weighted by atomic mass is 16.7. The van der Waals surface area contributed by atoms with Gasteiger partial charge in [-0.05, 0) is 37.1 Å². The molecule has 1 fully saturated rings. The van der Waals surface area contributed by atoms with Gasteiger partial charge in [0, 0.05) is 39.1 Å². The number of hydrogen-bond donors (Lipinski definition) is 1. The molecule has 6 nitrogen and oxygen atoms in total. The monoisotopic (exact) mass is 333 g/mol. The van der Waals surface area contributed by atoms with Crippen molar-refractivity contribution in [2.45, 2.75) is 32.2 Å². The number of nitrogens with two attached hydrogens (primary N) is 1.